The molecule has 0 aliphatic heterocycles. The van der Waals surface area contributed by atoms with Crippen LogP contribution < -0.4 is 5.73 Å². The molecule has 0 heterocycles. The van der Waals surface area contributed by atoms with Crippen molar-refractivity contribution in [3.63, 3.8) is 0 Å². The van der Waals surface area contributed by atoms with E-state index >= 15 is 0 Å². The van der Waals surface area contributed by atoms with Crippen LogP contribution in [0.3, 0.4) is 0 Å². The lowest BCUT2D eigenvalue weighted by molar-refractivity contribution is 0.583. The first-order valence-electron chi connectivity index (χ1n) is 5.33. The summed E-state index contributed by atoms with van der Waals surface area (Å²) in [6, 6.07) is 6.39. The summed E-state index contributed by atoms with van der Waals surface area (Å²) in [5, 5.41) is 1.30. The molecule has 0 saturated heterocycles. The van der Waals surface area contributed by atoms with Crippen molar-refractivity contribution in [3.8, 4) is 0 Å². The monoisotopic (exact) mass is 241 g/mol. The van der Waals surface area contributed by atoms with Crippen LogP contribution in [-0.2, 0) is 5.41 Å². The fourth-order valence-corrected chi connectivity index (χ4v) is 3.43. The molecule has 2 N–H and O–H groups in total. The molecule has 1 unspecified atom stereocenters. The van der Waals surface area contributed by atoms with E-state index < -0.39 is 0 Å². The lowest BCUT2D eigenvalue weighted by Gasteiger charge is -2.15. The first-order valence-corrected chi connectivity index (χ1v) is 6.08. The van der Waals surface area contributed by atoms with Crippen molar-refractivity contribution in [3.05, 3.63) is 33.8 Å². The molecule has 80 valence electrons. The second-order valence-electron chi connectivity index (χ2n) is 4.89. The maximum Gasteiger partial charge on any atom is 0.0595 e. The Morgan fingerprint density at radius 1 is 1.20 bits per heavy atom. The van der Waals surface area contributed by atoms with E-state index in [1.165, 1.54) is 18.4 Å². The minimum Gasteiger partial charge on any atom is -0.328 e. The van der Waals surface area contributed by atoms with Gasteiger partial charge in [-0.3, -0.25) is 0 Å². The van der Waals surface area contributed by atoms with E-state index in [0.717, 1.165) is 12.3 Å². The van der Waals surface area contributed by atoms with Gasteiger partial charge in [0, 0.05) is 11.5 Å². The third-order valence-corrected chi connectivity index (χ3v) is 4.68. The van der Waals surface area contributed by atoms with Crippen LogP contribution in [0.25, 0.3) is 0 Å². The minimum absolute atomic E-state index is 0.341. The van der Waals surface area contributed by atoms with E-state index in [4.69, 9.17) is 28.9 Å². The molecule has 2 aliphatic rings. The van der Waals surface area contributed by atoms with Gasteiger partial charge in [0.05, 0.1) is 10.0 Å². The zero-order valence-corrected chi connectivity index (χ0v) is 9.85. The molecular weight excluding hydrogens is 229 g/mol. The number of benzene rings is 1. The summed E-state index contributed by atoms with van der Waals surface area (Å²) < 4.78 is 0. The summed E-state index contributed by atoms with van der Waals surface area (Å²) in [5.74, 6) is 0.782. The van der Waals surface area contributed by atoms with Crippen LogP contribution in [0.15, 0.2) is 18.2 Å². The van der Waals surface area contributed by atoms with E-state index in [1.807, 2.05) is 12.1 Å². The molecular formula is C12H13Cl2N. The van der Waals surface area contributed by atoms with E-state index in [-0.39, 0.29) is 0 Å². The normalized spacial score (nSPS) is 37.8. The molecule has 0 spiro atoms. The van der Waals surface area contributed by atoms with Crippen molar-refractivity contribution in [1.29, 1.82) is 0 Å². The van der Waals surface area contributed by atoms with Crippen molar-refractivity contribution < 1.29 is 0 Å². The SMILES string of the molecule is N[C@@H]1CC2C[C@@]2(c2ccc(Cl)c(Cl)c2)C1. The van der Waals surface area contributed by atoms with Gasteiger partial charge in [-0.25, -0.2) is 0 Å². The highest BCUT2D eigenvalue weighted by Crippen LogP contribution is 2.64. The lowest BCUT2D eigenvalue weighted by Crippen LogP contribution is -2.20. The van der Waals surface area contributed by atoms with Gasteiger partial charge in [-0.05, 0) is 42.9 Å². The number of nitrogens with two attached hydrogens (primary N) is 1. The highest BCUT2D eigenvalue weighted by Gasteiger charge is 2.60. The fourth-order valence-electron chi connectivity index (χ4n) is 3.13. The van der Waals surface area contributed by atoms with Gasteiger partial charge in [0.2, 0.25) is 0 Å². The average Bonchev–Trinajstić information content (AvgIpc) is 2.75. The van der Waals surface area contributed by atoms with Gasteiger partial charge in [0.25, 0.3) is 0 Å². The summed E-state index contributed by atoms with van der Waals surface area (Å²) in [6.07, 6.45) is 3.55. The number of rotatable bonds is 1. The van der Waals surface area contributed by atoms with Crippen molar-refractivity contribution in [2.24, 2.45) is 11.7 Å². The summed E-state index contributed by atoms with van der Waals surface area (Å²) in [7, 11) is 0. The van der Waals surface area contributed by atoms with Crippen LogP contribution in [0.2, 0.25) is 10.0 Å². The van der Waals surface area contributed by atoms with Crippen LogP contribution >= 0.6 is 23.2 Å². The van der Waals surface area contributed by atoms with Gasteiger partial charge in [-0.2, -0.15) is 0 Å². The average molecular weight is 242 g/mol. The van der Waals surface area contributed by atoms with E-state index in [9.17, 15) is 0 Å². The van der Waals surface area contributed by atoms with E-state index in [2.05, 4.69) is 6.07 Å². The van der Waals surface area contributed by atoms with Gasteiger partial charge in [-0.15, -0.1) is 0 Å². The first-order chi connectivity index (χ1) is 7.12. The van der Waals surface area contributed by atoms with Crippen molar-refractivity contribution >= 4 is 23.2 Å². The van der Waals surface area contributed by atoms with Crippen LogP contribution in [0.5, 0.6) is 0 Å². The Bertz CT molecular complexity index is 418. The van der Waals surface area contributed by atoms with E-state index in [0.29, 0.717) is 21.5 Å². The molecule has 2 aliphatic carbocycles. The lowest BCUT2D eigenvalue weighted by atomic mass is 9.92. The second-order valence-corrected chi connectivity index (χ2v) is 5.70. The molecule has 3 atom stereocenters. The number of hydrogen-bond acceptors (Lipinski definition) is 1. The Labute approximate surface area is 99.6 Å². The van der Waals surface area contributed by atoms with Gasteiger partial charge in [-0.1, -0.05) is 29.3 Å². The molecule has 2 fully saturated rings. The van der Waals surface area contributed by atoms with Gasteiger partial charge in [0.1, 0.15) is 0 Å². The minimum atomic E-state index is 0.341. The topological polar surface area (TPSA) is 26.0 Å². The molecule has 1 nitrogen and oxygen atoms in total. The Morgan fingerprint density at radius 2 is 2.00 bits per heavy atom. The third-order valence-electron chi connectivity index (χ3n) is 3.94. The third kappa shape index (κ3) is 1.41. The van der Waals surface area contributed by atoms with Crippen LogP contribution in [-0.4, -0.2) is 6.04 Å². The number of hydrogen-bond donors (Lipinski definition) is 1. The summed E-state index contributed by atoms with van der Waals surface area (Å²) in [6.45, 7) is 0. The molecule has 1 aromatic rings. The number of halogens is 2. The molecule has 15 heavy (non-hydrogen) atoms. The summed E-state index contributed by atoms with van der Waals surface area (Å²) in [4.78, 5) is 0. The molecule has 1 aromatic carbocycles. The van der Waals surface area contributed by atoms with Crippen LogP contribution in [0.4, 0.5) is 0 Å². The van der Waals surface area contributed by atoms with Gasteiger partial charge >= 0.3 is 0 Å². The zero-order valence-electron chi connectivity index (χ0n) is 8.34. The number of fused-ring (bicyclic) bond motifs is 1. The predicted octanol–water partition coefficient (Wildman–Crippen LogP) is 3.37. The Hall–Kier alpha value is -0.240. The van der Waals surface area contributed by atoms with Crippen molar-refractivity contribution in [2.75, 3.05) is 0 Å². The zero-order chi connectivity index (χ0) is 10.6. The molecule has 0 aromatic heterocycles. The Morgan fingerprint density at radius 3 is 2.60 bits per heavy atom. The molecule has 3 rings (SSSR count). The highest BCUT2D eigenvalue weighted by molar-refractivity contribution is 6.42. The molecule has 0 radical (unpaired) electrons. The fraction of sp³-hybridized carbons (Fsp3) is 0.500. The molecule has 3 heteroatoms. The second kappa shape index (κ2) is 3.13. The first kappa shape index (κ1) is 9.95. The quantitative estimate of drug-likeness (QED) is 0.802. The van der Waals surface area contributed by atoms with Crippen molar-refractivity contribution in [1.82, 2.24) is 0 Å². The maximum absolute atomic E-state index is 6.05. The molecule has 0 bridgehead atoms. The Balaban J connectivity index is 1.97. The summed E-state index contributed by atoms with van der Waals surface area (Å²) in [5.41, 5.74) is 7.66. The smallest absolute Gasteiger partial charge is 0.0595 e. The summed E-state index contributed by atoms with van der Waals surface area (Å²) >= 11 is 12.0. The maximum atomic E-state index is 6.05. The standard InChI is InChI=1S/C12H13Cl2N/c13-10-2-1-7(4-11(10)14)12-5-8(12)3-9(15)6-12/h1-2,4,8-9H,3,5-6,15H2/t8?,9-,12+/m1/s1. The van der Waals surface area contributed by atoms with Crippen LogP contribution in [0.1, 0.15) is 24.8 Å². The van der Waals surface area contributed by atoms with E-state index in [1.54, 1.807) is 0 Å². The molecule has 2 saturated carbocycles. The van der Waals surface area contributed by atoms with Gasteiger partial charge in [0.15, 0.2) is 0 Å². The predicted molar refractivity (Wildman–Crippen MR) is 63.5 cm³/mol. The highest BCUT2D eigenvalue weighted by atomic mass is 35.5. The Kier molecular flexibility index (Phi) is 2.08. The van der Waals surface area contributed by atoms with Crippen LogP contribution in [0, 0.1) is 5.92 Å². The van der Waals surface area contributed by atoms with Crippen molar-refractivity contribution in [2.45, 2.75) is 30.7 Å². The van der Waals surface area contributed by atoms with Gasteiger partial charge < -0.3 is 5.73 Å². The molecule has 0 amide bonds. The largest absolute Gasteiger partial charge is 0.328 e.